The summed E-state index contributed by atoms with van der Waals surface area (Å²) in [5.41, 5.74) is 23.6. The van der Waals surface area contributed by atoms with Crippen LogP contribution in [0.25, 0.3) is 153 Å². The number of hydrogen-bond acceptors (Lipinski definition) is 10. The second kappa shape index (κ2) is 24.0. The van der Waals surface area contributed by atoms with Gasteiger partial charge in [0.15, 0.2) is 34.9 Å². The quantitative estimate of drug-likeness (QED) is 0.149. The van der Waals surface area contributed by atoms with Gasteiger partial charge in [0.2, 0.25) is 0 Å². The molecule has 6 heterocycles. The Morgan fingerprint density at radius 1 is 0.194 bits per heavy atom. The van der Waals surface area contributed by atoms with E-state index < -0.39 is 10.8 Å². The molecule has 502 valence electrons. The summed E-state index contributed by atoms with van der Waals surface area (Å²) in [5, 5.41) is 5.09. The van der Waals surface area contributed by atoms with Gasteiger partial charge in [-0.1, -0.05) is 290 Å². The third-order valence-electron chi connectivity index (χ3n) is 22.5. The summed E-state index contributed by atoms with van der Waals surface area (Å²) in [6.07, 6.45) is 0. The minimum absolute atomic E-state index is 0.601. The molecule has 0 amide bonds. The molecule has 0 saturated heterocycles. The number of rotatable bonds is 8. The van der Waals surface area contributed by atoms with Crippen molar-refractivity contribution >= 4 is 86.5 Å². The fourth-order valence-corrected chi connectivity index (χ4v) is 22.7. The molecule has 1 atom stereocenters. The van der Waals surface area contributed by atoms with E-state index in [1.165, 1.54) is 121 Å². The molecule has 15 aromatic carbocycles. The van der Waals surface area contributed by atoms with Crippen molar-refractivity contribution < 1.29 is 0 Å². The van der Waals surface area contributed by atoms with Gasteiger partial charge in [-0.25, -0.2) is 29.9 Å². The maximum absolute atomic E-state index is 5.71. The summed E-state index contributed by atoms with van der Waals surface area (Å²) in [5.74, 6) is 3.72. The first-order valence-corrected chi connectivity index (χ1v) is 39.6. The van der Waals surface area contributed by atoms with Gasteiger partial charge in [-0.15, -0.1) is 22.7 Å². The molecule has 1 unspecified atom stereocenters. The standard InChI is InChI=1S/C98H56N6S4/c1-4-24-57(25-5-1)91-99-92(58-26-6-2-7-27-58)101-94(100-91)63-32-20-30-60(50-63)61-48-49-74-69(52-61)70-55-87-71(66-34-10-15-43-82(66)105-87)53-80(70)97(74)77-40-14-19-47-86(77)108-90-65(36-22-42-79(90)97)62-31-21-33-64(51-62)95-102-93(59-28-8-3-9-29-59)103-96(104-95)68-37-23-41-78-89(68)73-56-88-72(67-35-11-16-44-83(67)106-88)54-81(73)98(78)75-38-12-17-45-84(75)107-85-46-18-13-39-76(85)98/h1-56H. The Labute approximate surface area is 639 Å². The largest absolute Gasteiger partial charge is 0.208 e. The predicted octanol–water partition coefficient (Wildman–Crippen LogP) is 25.8. The maximum atomic E-state index is 5.71. The minimum atomic E-state index is -0.705. The van der Waals surface area contributed by atoms with Crippen molar-refractivity contribution in [1.82, 2.24) is 29.9 Å². The summed E-state index contributed by atoms with van der Waals surface area (Å²) in [6, 6.07) is 124. The molecule has 4 aliphatic rings. The number of nitrogens with zero attached hydrogens (tertiary/aromatic N) is 6. The molecule has 2 aliphatic heterocycles. The van der Waals surface area contributed by atoms with Gasteiger partial charge in [0.05, 0.1) is 10.8 Å². The van der Waals surface area contributed by atoms with E-state index in [0.29, 0.717) is 34.9 Å². The van der Waals surface area contributed by atoms with Gasteiger partial charge in [0.25, 0.3) is 0 Å². The Morgan fingerprint density at radius 3 is 1.16 bits per heavy atom. The molecule has 10 heteroatoms. The van der Waals surface area contributed by atoms with Crippen molar-refractivity contribution in [2.75, 3.05) is 0 Å². The van der Waals surface area contributed by atoms with Gasteiger partial charge in [0, 0.05) is 93.3 Å². The Kier molecular flexibility index (Phi) is 13.7. The fraction of sp³-hybridized carbons (Fsp3) is 0.0204. The van der Waals surface area contributed by atoms with Crippen LogP contribution in [0.1, 0.15) is 44.5 Å². The molecule has 2 spiro atoms. The molecule has 19 aromatic rings. The van der Waals surface area contributed by atoms with Gasteiger partial charge in [-0.2, -0.15) is 0 Å². The number of aromatic nitrogens is 6. The van der Waals surface area contributed by atoms with Crippen molar-refractivity contribution in [2.45, 2.75) is 30.4 Å². The molecule has 0 N–H and O–H groups in total. The molecular formula is C98H56N6S4. The van der Waals surface area contributed by atoms with E-state index in [4.69, 9.17) is 29.9 Å². The van der Waals surface area contributed by atoms with Crippen LogP contribution in [-0.2, 0) is 10.8 Å². The van der Waals surface area contributed by atoms with E-state index in [2.05, 4.69) is 303 Å². The summed E-state index contributed by atoms with van der Waals surface area (Å²) < 4.78 is 5.08. The average molecular weight is 1450 g/mol. The summed E-state index contributed by atoms with van der Waals surface area (Å²) in [6.45, 7) is 0. The van der Waals surface area contributed by atoms with E-state index in [1.807, 2.05) is 82.6 Å². The van der Waals surface area contributed by atoms with E-state index in [-0.39, 0.29) is 0 Å². The third kappa shape index (κ3) is 9.15. The minimum Gasteiger partial charge on any atom is -0.208 e. The highest BCUT2D eigenvalue weighted by Gasteiger charge is 2.53. The number of fused-ring (bicyclic) bond motifs is 24. The van der Waals surface area contributed by atoms with Gasteiger partial charge in [0.1, 0.15) is 0 Å². The smallest absolute Gasteiger partial charge is 0.164 e. The molecule has 4 aromatic heterocycles. The molecule has 108 heavy (non-hydrogen) atoms. The van der Waals surface area contributed by atoms with E-state index in [0.717, 1.165) is 61.2 Å². The van der Waals surface area contributed by atoms with Gasteiger partial charge in [-0.05, 0) is 162 Å². The van der Waals surface area contributed by atoms with Gasteiger partial charge in [-0.3, -0.25) is 0 Å². The topological polar surface area (TPSA) is 77.3 Å². The number of benzene rings is 15. The van der Waals surface area contributed by atoms with Crippen molar-refractivity contribution in [1.29, 1.82) is 0 Å². The highest BCUT2D eigenvalue weighted by molar-refractivity contribution is 8.00. The molecule has 2 aliphatic carbocycles. The Hall–Kier alpha value is -12.5. The van der Waals surface area contributed by atoms with Crippen molar-refractivity contribution in [2.24, 2.45) is 0 Å². The monoisotopic (exact) mass is 1440 g/mol. The second-order valence-corrected chi connectivity index (χ2v) is 32.5. The van der Waals surface area contributed by atoms with Gasteiger partial charge < -0.3 is 0 Å². The lowest BCUT2D eigenvalue weighted by Crippen LogP contribution is -2.32. The second-order valence-electron chi connectivity index (χ2n) is 28.2. The van der Waals surface area contributed by atoms with Crippen LogP contribution in [0.4, 0.5) is 0 Å². The highest BCUT2D eigenvalue weighted by atomic mass is 32.2. The molecule has 23 rings (SSSR count). The first-order valence-electron chi connectivity index (χ1n) is 36.4. The zero-order valence-corrected chi connectivity index (χ0v) is 60.9. The molecule has 0 fully saturated rings. The van der Waals surface area contributed by atoms with E-state index in [9.17, 15) is 0 Å². The van der Waals surface area contributed by atoms with Crippen LogP contribution in [0.5, 0.6) is 0 Å². The first-order chi connectivity index (χ1) is 53.5. The summed E-state index contributed by atoms with van der Waals surface area (Å²) >= 11 is 7.47. The third-order valence-corrected chi connectivity index (χ3v) is 27.1. The average Bonchev–Trinajstić information content (AvgIpc) is 1.50. The lowest BCUT2D eigenvalue weighted by Gasteiger charge is -2.40. The Balaban J connectivity index is 0.697. The van der Waals surface area contributed by atoms with Crippen LogP contribution < -0.4 is 0 Å². The van der Waals surface area contributed by atoms with Crippen LogP contribution in [0, 0.1) is 0 Å². The molecule has 0 bridgehead atoms. The van der Waals surface area contributed by atoms with E-state index in [1.54, 1.807) is 0 Å². The number of thiophene rings is 2. The van der Waals surface area contributed by atoms with Gasteiger partial charge >= 0.3 is 0 Å². The van der Waals surface area contributed by atoms with Crippen molar-refractivity contribution in [3.63, 3.8) is 0 Å². The van der Waals surface area contributed by atoms with Crippen LogP contribution in [0.3, 0.4) is 0 Å². The highest BCUT2D eigenvalue weighted by Crippen LogP contribution is 2.67. The van der Waals surface area contributed by atoms with Crippen molar-refractivity contribution in [3.8, 4) is 113 Å². The van der Waals surface area contributed by atoms with E-state index >= 15 is 0 Å². The molecule has 0 radical (unpaired) electrons. The Morgan fingerprint density at radius 2 is 0.583 bits per heavy atom. The summed E-state index contributed by atoms with van der Waals surface area (Å²) in [4.78, 5) is 37.1. The first kappa shape index (κ1) is 61.7. The molecule has 6 nitrogen and oxygen atoms in total. The normalized spacial score (nSPS) is 14.5. The van der Waals surface area contributed by atoms with Crippen LogP contribution in [-0.4, -0.2) is 29.9 Å². The maximum Gasteiger partial charge on any atom is 0.164 e. The predicted molar refractivity (Wildman–Crippen MR) is 445 cm³/mol. The Bertz CT molecular complexity index is 6930. The molecular weight excluding hydrogens is 1390 g/mol. The zero-order valence-electron chi connectivity index (χ0n) is 57.6. The number of hydrogen-bond donors (Lipinski definition) is 0. The lowest BCUT2D eigenvalue weighted by atomic mass is 9.66. The van der Waals surface area contributed by atoms with Crippen LogP contribution in [0.2, 0.25) is 0 Å². The van der Waals surface area contributed by atoms with Crippen LogP contribution in [0.15, 0.2) is 359 Å². The SMILES string of the molecule is c1ccc(-c2nc(-c3ccccc3)nc(-c3cccc(-c4ccc5c(c4)-c4cc6sc7ccccc7c6cc4C54c5ccccc5Sc5c(-c6cccc(-c7nc(-c8ccccc8)nc(-c8cccc9c8-c8cc%10sc%11ccccc%11c%10cc8C98c9ccccc9Sc9ccccc98)n7)c6)cccc54)c3)n2)cc1. The fourth-order valence-electron chi connectivity index (χ4n) is 17.9. The zero-order chi connectivity index (χ0) is 70.8. The lowest BCUT2D eigenvalue weighted by molar-refractivity contribution is 0.723. The van der Waals surface area contributed by atoms with Crippen LogP contribution >= 0.6 is 46.2 Å². The molecule has 0 saturated carbocycles. The summed E-state index contributed by atoms with van der Waals surface area (Å²) in [7, 11) is 0. The van der Waals surface area contributed by atoms with Crippen molar-refractivity contribution in [3.05, 3.63) is 384 Å².